The summed E-state index contributed by atoms with van der Waals surface area (Å²) in [6.07, 6.45) is 3.21. The fraction of sp³-hybridized carbons (Fsp3) is 0.160. The number of ether oxygens (including phenoxy) is 2. The molecule has 1 amide bonds. The molecule has 0 aliphatic heterocycles. The summed E-state index contributed by atoms with van der Waals surface area (Å²) in [6.45, 7) is 3.04. The second-order valence-electron chi connectivity index (χ2n) is 6.93. The zero-order chi connectivity index (χ0) is 23.6. The first-order valence-corrected chi connectivity index (χ1v) is 10.7. The zero-order valence-corrected chi connectivity index (χ0v) is 19.2. The Hall–Kier alpha value is -3.68. The summed E-state index contributed by atoms with van der Waals surface area (Å²) in [5, 5.41) is 5.83. The summed E-state index contributed by atoms with van der Waals surface area (Å²) in [6, 6.07) is 18.7. The Morgan fingerprint density at radius 3 is 2.42 bits per heavy atom. The van der Waals surface area contributed by atoms with Crippen molar-refractivity contribution < 1.29 is 14.3 Å². The molecule has 0 bridgehead atoms. The average Bonchev–Trinajstić information content (AvgIpc) is 2.85. The number of primary amides is 1. The smallest absolute Gasteiger partial charge is 0.267 e. The predicted octanol–water partition coefficient (Wildman–Crippen LogP) is 5.36. The van der Waals surface area contributed by atoms with E-state index in [-0.39, 0.29) is 12.3 Å². The van der Waals surface area contributed by atoms with Gasteiger partial charge in [-0.2, -0.15) is 0 Å². The normalized spacial score (nSPS) is 10.3. The number of halogens is 1. The molecule has 0 atom stereocenters. The highest BCUT2D eigenvalue weighted by atomic mass is 35.5. The molecule has 4 rings (SSSR count). The van der Waals surface area contributed by atoms with Crippen LogP contribution in [0.25, 0.3) is 10.8 Å². The van der Waals surface area contributed by atoms with Gasteiger partial charge in [0.25, 0.3) is 5.91 Å². The van der Waals surface area contributed by atoms with Gasteiger partial charge in [-0.3, -0.25) is 9.78 Å². The van der Waals surface area contributed by atoms with E-state index in [1.807, 2.05) is 55.5 Å². The molecule has 7 nitrogen and oxygen atoms in total. The molecule has 4 aromatic rings. The third kappa shape index (κ3) is 6.65. The van der Waals surface area contributed by atoms with Gasteiger partial charge in [0.15, 0.2) is 0 Å². The van der Waals surface area contributed by atoms with Crippen LogP contribution in [0.15, 0.2) is 73.1 Å². The second kappa shape index (κ2) is 11.8. The third-order valence-electron chi connectivity index (χ3n) is 4.63. The molecule has 0 aliphatic rings. The summed E-state index contributed by atoms with van der Waals surface area (Å²) < 4.78 is 10.5. The number of fused-ring (bicyclic) bond motifs is 1. The van der Waals surface area contributed by atoms with Crippen LogP contribution in [0.5, 0.6) is 5.75 Å². The Morgan fingerprint density at radius 2 is 1.76 bits per heavy atom. The van der Waals surface area contributed by atoms with E-state index in [0.29, 0.717) is 10.8 Å². The minimum atomic E-state index is -0.573. The van der Waals surface area contributed by atoms with Crippen LogP contribution in [0.3, 0.4) is 0 Å². The molecule has 0 spiro atoms. The van der Waals surface area contributed by atoms with Crippen LogP contribution in [-0.4, -0.2) is 29.6 Å². The van der Waals surface area contributed by atoms with Crippen LogP contribution in [0.4, 0.5) is 11.5 Å². The molecule has 0 saturated heterocycles. The number of nitrogens with zero attached hydrogens (tertiary/aromatic N) is 2. The van der Waals surface area contributed by atoms with E-state index >= 15 is 0 Å². The largest absolute Gasteiger partial charge is 0.487 e. The van der Waals surface area contributed by atoms with Crippen molar-refractivity contribution in [1.29, 1.82) is 0 Å². The highest BCUT2D eigenvalue weighted by Crippen LogP contribution is 2.31. The minimum absolute atomic E-state index is 0.205. The number of hydrogen-bond acceptors (Lipinski definition) is 6. The lowest BCUT2D eigenvalue weighted by molar-refractivity contribution is 0.0995. The lowest BCUT2D eigenvalue weighted by Crippen LogP contribution is -2.13. The maximum Gasteiger partial charge on any atom is 0.267 e. The van der Waals surface area contributed by atoms with Crippen LogP contribution in [-0.2, 0) is 11.3 Å². The third-order valence-corrected chi connectivity index (χ3v) is 4.88. The Labute approximate surface area is 197 Å². The molecule has 2 heterocycles. The Balaban J connectivity index is 0.000000709. The maximum absolute atomic E-state index is 11.3. The van der Waals surface area contributed by atoms with E-state index in [9.17, 15) is 4.79 Å². The molecule has 3 N–H and O–H groups in total. The van der Waals surface area contributed by atoms with Crippen LogP contribution in [0.2, 0.25) is 5.02 Å². The lowest BCUT2D eigenvalue weighted by atomic mass is 10.1. The molecule has 2 aromatic heterocycles. The fourth-order valence-electron chi connectivity index (χ4n) is 2.91. The molecule has 170 valence electrons. The van der Waals surface area contributed by atoms with E-state index in [1.54, 1.807) is 25.4 Å². The second-order valence-corrected chi connectivity index (χ2v) is 7.36. The summed E-state index contributed by atoms with van der Waals surface area (Å²) in [5.41, 5.74) is 7.17. The summed E-state index contributed by atoms with van der Waals surface area (Å²) in [5.74, 6) is 0.784. The van der Waals surface area contributed by atoms with Gasteiger partial charge in [-0.05, 0) is 48.9 Å². The van der Waals surface area contributed by atoms with Gasteiger partial charge in [0.2, 0.25) is 0 Å². The van der Waals surface area contributed by atoms with Crippen LogP contribution < -0.4 is 15.8 Å². The summed E-state index contributed by atoms with van der Waals surface area (Å²) in [7, 11) is 1.68. The Kier molecular flexibility index (Phi) is 8.57. The van der Waals surface area contributed by atoms with Crippen molar-refractivity contribution in [3.63, 3.8) is 0 Å². The molecular formula is C25H25ClN4O3. The van der Waals surface area contributed by atoms with Crippen molar-refractivity contribution >= 4 is 39.8 Å². The number of pyridine rings is 2. The van der Waals surface area contributed by atoms with Crippen LogP contribution in [0, 0.1) is 0 Å². The first-order chi connectivity index (χ1) is 16.0. The van der Waals surface area contributed by atoms with E-state index in [4.69, 9.17) is 22.1 Å². The van der Waals surface area contributed by atoms with E-state index in [1.165, 1.54) is 6.20 Å². The van der Waals surface area contributed by atoms with Crippen molar-refractivity contribution in [3.8, 4) is 5.75 Å². The first-order valence-electron chi connectivity index (χ1n) is 10.3. The number of carbonyl (C=O) groups is 1. The molecule has 0 radical (unpaired) electrons. The number of carbonyl (C=O) groups excluding carboxylic acids is 1. The van der Waals surface area contributed by atoms with Gasteiger partial charge in [-0.15, -0.1) is 0 Å². The number of nitrogens with one attached hydrogen (secondary N) is 1. The fourth-order valence-corrected chi connectivity index (χ4v) is 3.04. The number of nitrogens with two attached hydrogens (primary N) is 1. The van der Waals surface area contributed by atoms with Crippen LogP contribution in [0.1, 0.15) is 23.0 Å². The van der Waals surface area contributed by atoms with Crippen molar-refractivity contribution in [2.75, 3.05) is 19.0 Å². The molecule has 0 saturated carbocycles. The van der Waals surface area contributed by atoms with E-state index < -0.39 is 5.91 Å². The molecule has 0 aliphatic carbocycles. The van der Waals surface area contributed by atoms with Gasteiger partial charge in [-0.1, -0.05) is 35.9 Å². The number of benzene rings is 2. The number of amides is 1. The summed E-state index contributed by atoms with van der Waals surface area (Å²) >= 11 is 5.95. The van der Waals surface area contributed by atoms with Crippen LogP contribution >= 0.6 is 11.6 Å². The van der Waals surface area contributed by atoms with Gasteiger partial charge in [0, 0.05) is 41.4 Å². The van der Waals surface area contributed by atoms with Gasteiger partial charge < -0.3 is 20.5 Å². The van der Waals surface area contributed by atoms with Gasteiger partial charge in [0.1, 0.15) is 23.9 Å². The molecule has 0 fully saturated rings. The minimum Gasteiger partial charge on any atom is -0.487 e. The average molecular weight is 465 g/mol. The monoisotopic (exact) mass is 464 g/mol. The van der Waals surface area contributed by atoms with Crippen molar-refractivity contribution in [3.05, 3.63) is 89.3 Å². The quantitative estimate of drug-likeness (QED) is 0.382. The Morgan fingerprint density at radius 1 is 1.06 bits per heavy atom. The first kappa shape index (κ1) is 24.0. The molecule has 8 heteroatoms. The maximum atomic E-state index is 11.3. The number of anilines is 2. The number of hydrogen-bond donors (Lipinski definition) is 2. The van der Waals surface area contributed by atoms with Gasteiger partial charge in [0.05, 0.1) is 6.20 Å². The molecular weight excluding hydrogens is 440 g/mol. The Bertz CT molecular complexity index is 1210. The van der Waals surface area contributed by atoms with Crippen molar-refractivity contribution in [2.24, 2.45) is 5.73 Å². The zero-order valence-electron chi connectivity index (χ0n) is 18.4. The number of aromatic nitrogens is 2. The molecule has 33 heavy (non-hydrogen) atoms. The summed E-state index contributed by atoms with van der Waals surface area (Å²) in [4.78, 5) is 19.8. The molecule has 2 aromatic carbocycles. The SMILES string of the molecule is CCOC.NC(=O)c1cc(COc2cnc(Nc3ccc(Cl)cc3)c3ccccc23)ccn1. The number of rotatable bonds is 7. The van der Waals surface area contributed by atoms with E-state index in [2.05, 4.69) is 20.0 Å². The topological polar surface area (TPSA) is 99.4 Å². The highest BCUT2D eigenvalue weighted by molar-refractivity contribution is 6.30. The van der Waals surface area contributed by atoms with Gasteiger partial charge >= 0.3 is 0 Å². The number of methoxy groups -OCH3 is 1. The highest BCUT2D eigenvalue weighted by Gasteiger charge is 2.10. The van der Waals surface area contributed by atoms with Crippen molar-refractivity contribution in [2.45, 2.75) is 13.5 Å². The lowest BCUT2D eigenvalue weighted by Gasteiger charge is -2.13. The van der Waals surface area contributed by atoms with E-state index in [0.717, 1.165) is 34.4 Å². The predicted molar refractivity (Wildman–Crippen MR) is 131 cm³/mol. The van der Waals surface area contributed by atoms with Gasteiger partial charge in [-0.25, -0.2) is 4.98 Å². The molecule has 0 unspecified atom stereocenters. The van der Waals surface area contributed by atoms with Crippen molar-refractivity contribution in [1.82, 2.24) is 9.97 Å². The standard InChI is InChI=1S/C22H17ClN4O2.C3H8O/c23-15-5-7-16(8-6-15)27-22-18-4-2-1-3-17(18)20(12-26-22)29-13-14-9-10-25-19(11-14)21(24)28;1-3-4-2/h1-12H,13H2,(H2,24,28)(H,26,27);3H2,1-2H3.